The van der Waals surface area contributed by atoms with Crippen molar-refractivity contribution < 1.29 is 9.53 Å². The number of ether oxygens (including phenoxy) is 1. The van der Waals surface area contributed by atoms with Crippen LogP contribution in [0.2, 0.25) is 0 Å². The lowest BCUT2D eigenvalue weighted by Gasteiger charge is -2.22. The summed E-state index contributed by atoms with van der Waals surface area (Å²) in [5.41, 5.74) is 2.64. The van der Waals surface area contributed by atoms with E-state index in [-0.39, 0.29) is 5.78 Å². The van der Waals surface area contributed by atoms with E-state index in [2.05, 4.69) is 17.0 Å². The largest absolute Gasteiger partial charge is 0.497 e. The Morgan fingerprint density at radius 3 is 1.87 bits per heavy atom. The molecule has 120 valence electrons. The molecule has 2 aromatic carbocycles. The number of methoxy groups -OCH3 is 1. The third-order valence-corrected chi connectivity index (χ3v) is 4.45. The van der Waals surface area contributed by atoms with E-state index < -0.39 is 0 Å². The van der Waals surface area contributed by atoms with Crippen molar-refractivity contribution in [2.75, 3.05) is 25.1 Å². The second kappa shape index (κ2) is 7.32. The zero-order valence-electron chi connectivity index (χ0n) is 13.6. The van der Waals surface area contributed by atoms with Gasteiger partial charge in [-0.3, -0.25) is 4.79 Å². The summed E-state index contributed by atoms with van der Waals surface area (Å²) in [5, 5.41) is 0. The lowest BCUT2D eigenvalue weighted by atomic mass is 10.0. The lowest BCUT2D eigenvalue weighted by Crippen LogP contribution is -2.23. The van der Waals surface area contributed by atoms with Crippen LogP contribution in [0, 0.1) is 0 Å². The third-order valence-electron chi connectivity index (χ3n) is 4.45. The predicted molar refractivity (Wildman–Crippen MR) is 93.5 cm³/mol. The zero-order valence-corrected chi connectivity index (χ0v) is 13.6. The molecule has 0 aliphatic carbocycles. The van der Waals surface area contributed by atoms with Gasteiger partial charge in [0.15, 0.2) is 5.78 Å². The van der Waals surface area contributed by atoms with Gasteiger partial charge >= 0.3 is 0 Å². The molecule has 1 aliphatic rings. The van der Waals surface area contributed by atoms with Crippen molar-refractivity contribution in [1.29, 1.82) is 0 Å². The molecule has 0 aromatic heterocycles. The van der Waals surface area contributed by atoms with E-state index in [4.69, 9.17) is 4.74 Å². The smallest absolute Gasteiger partial charge is 0.193 e. The Labute approximate surface area is 137 Å². The summed E-state index contributed by atoms with van der Waals surface area (Å²) in [5.74, 6) is 0.813. The molecule has 3 rings (SSSR count). The quantitative estimate of drug-likeness (QED) is 0.788. The summed E-state index contributed by atoms with van der Waals surface area (Å²) in [4.78, 5) is 15.0. The molecule has 2 aromatic rings. The van der Waals surface area contributed by atoms with Crippen LogP contribution in [0.25, 0.3) is 0 Å². The Bertz CT molecular complexity index is 638. The molecule has 3 heteroatoms. The molecule has 0 saturated carbocycles. The molecule has 0 bridgehead atoms. The van der Waals surface area contributed by atoms with Gasteiger partial charge in [-0.25, -0.2) is 0 Å². The van der Waals surface area contributed by atoms with E-state index in [0.29, 0.717) is 5.56 Å². The standard InChI is InChI=1S/C20H23NO2/c1-23-19-12-8-17(9-13-19)20(22)16-6-10-18(11-7-16)21-14-4-2-3-5-15-21/h6-13H,2-5,14-15H2,1H3. The number of nitrogens with zero attached hydrogens (tertiary/aromatic N) is 1. The van der Waals surface area contributed by atoms with Crippen molar-refractivity contribution in [3.8, 4) is 5.75 Å². The molecule has 3 nitrogen and oxygen atoms in total. The van der Waals surface area contributed by atoms with Crippen LogP contribution in [0.5, 0.6) is 5.75 Å². The van der Waals surface area contributed by atoms with Gasteiger partial charge in [0.2, 0.25) is 0 Å². The second-order valence-electron chi connectivity index (χ2n) is 6.01. The molecule has 0 amide bonds. The first kappa shape index (κ1) is 15.6. The van der Waals surface area contributed by atoms with Crippen LogP contribution in [0.3, 0.4) is 0 Å². The highest BCUT2D eigenvalue weighted by Crippen LogP contribution is 2.21. The number of benzene rings is 2. The van der Waals surface area contributed by atoms with Crippen molar-refractivity contribution in [2.24, 2.45) is 0 Å². The number of anilines is 1. The SMILES string of the molecule is COc1ccc(C(=O)c2ccc(N3CCCCCC3)cc2)cc1. The second-order valence-corrected chi connectivity index (χ2v) is 6.01. The molecule has 0 spiro atoms. The molecular weight excluding hydrogens is 286 g/mol. The minimum atomic E-state index is 0.0510. The summed E-state index contributed by atoms with van der Waals surface area (Å²) >= 11 is 0. The van der Waals surface area contributed by atoms with E-state index in [1.807, 2.05) is 36.4 Å². The highest BCUT2D eigenvalue weighted by molar-refractivity contribution is 6.09. The maximum atomic E-state index is 12.5. The van der Waals surface area contributed by atoms with Crippen LogP contribution in [0.4, 0.5) is 5.69 Å². The van der Waals surface area contributed by atoms with Gasteiger partial charge in [0.1, 0.15) is 5.75 Å². The molecule has 1 saturated heterocycles. The average Bonchev–Trinajstić information content (AvgIpc) is 2.91. The van der Waals surface area contributed by atoms with Crippen molar-refractivity contribution in [3.63, 3.8) is 0 Å². The molecule has 0 radical (unpaired) electrons. The van der Waals surface area contributed by atoms with Gasteiger partial charge in [0, 0.05) is 29.9 Å². The Morgan fingerprint density at radius 1 is 0.826 bits per heavy atom. The van der Waals surface area contributed by atoms with E-state index in [1.165, 1.54) is 31.4 Å². The van der Waals surface area contributed by atoms with Crippen molar-refractivity contribution in [1.82, 2.24) is 0 Å². The van der Waals surface area contributed by atoms with E-state index >= 15 is 0 Å². The van der Waals surface area contributed by atoms with Crippen LogP contribution in [0.1, 0.15) is 41.6 Å². The van der Waals surface area contributed by atoms with E-state index in [9.17, 15) is 4.79 Å². The minimum absolute atomic E-state index is 0.0510. The first-order chi connectivity index (χ1) is 11.3. The van der Waals surface area contributed by atoms with Gasteiger partial charge < -0.3 is 9.64 Å². The molecule has 23 heavy (non-hydrogen) atoms. The zero-order chi connectivity index (χ0) is 16.1. The van der Waals surface area contributed by atoms with E-state index in [1.54, 1.807) is 7.11 Å². The van der Waals surface area contributed by atoms with Gasteiger partial charge in [-0.05, 0) is 61.4 Å². The van der Waals surface area contributed by atoms with Gasteiger partial charge in [-0.1, -0.05) is 12.8 Å². The van der Waals surface area contributed by atoms with Crippen molar-refractivity contribution in [3.05, 3.63) is 59.7 Å². The summed E-state index contributed by atoms with van der Waals surface area (Å²) < 4.78 is 5.13. The first-order valence-corrected chi connectivity index (χ1v) is 8.32. The average molecular weight is 309 g/mol. The third kappa shape index (κ3) is 3.73. The van der Waals surface area contributed by atoms with Crippen LogP contribution in [-0.4, -0.2) is 26.0 Å². The normalized spacial score (nSPS) is 15.1. The molecule has 0 unspecified atom stereocenters. The number of rotatable bonds is 4. The molecular formula is C20H23NO2. The molecule has 0 atom stereocenters. The fraction of sp³-hybridized carbons (Fsp3) is 0.350. The molecule has 1 heterocycles. The fourth-order valence-electron chi connectivity index (χ4n) is 3.06. The van der Waals surface area contributed by atoms with Gasteiger partial charge in [0.25, 0.3) is 0 Å². The Hall–Kier alpha value is -2.29. The van der Waals surface area contributed by atoms with Crippen molar-refractivity contribution >= 4 is 11.5 Å². The Balaban J connectivity index is 1.73. The van der Waals surface area contributed by atoms with Crippen LogP contribution in [0.15, 0.2) is 48.5 Å². The maximum absolute atomic E-state index is 12.5. The van der Waals surface area contributed by atoms with Crippen molar-refractivity contribution in [2.45, 2.75) is 25.7 Å². The first-order valence-electron chi connectivity index (χ1n) is 8.32. The van der Waals surface area contributed by atoms with Gasteiger partial charge in [-0.15, -0.1) is 0 Å². The summed E-state index contributed by atoms with van der Waals surface area (Å²) in [6, 6.07) is 15.3. The van der Waals surface area contributed by atoms with Crippen LogP contribution in [-0.2, 0) is 0 Å². The maximum Gasteiger partial charge on any atom is 0.193 e. The van der Waals surface area contributed by atoms with E-state index in [0.717, 1.165) is 24.4 Å². The summed E-state index contributed by atoms with van der Waals surface area (Å²) in [6.45, 7) is 2.23. The predicted octanol–water partition coefficient (Wildman–Crippen LogP) is 4.31. The number of ketones is 1. The summed E-state index contributed by atoms with van der Waals surface area (Å²) in [6.07, 6.45) is 5.16. The minimum Gasteiger partial charge on any atom is -0.497 e. The highest BCUT2D eigenvalue weighted by Gasteiger charge is 2.12. The fourth-order valence-corrected chi connectivity index (χ4v) is 3.06. The van der Waals surface area contributed by atoms with Crippen LogP contribution >= 0.6 is 0 Å². The van der Waals surface area contributed by atoms with Gasteiger partial charge in [-0.2, -0.15) is 0 Å². The number of carbonyl (C=O) groups is 1. The number of carbonyl (C=O) groups excluding carboxylic acids is 1. The lowest BCUT2D eigenvalue weighted by molar-refractivity contribution is 0.103. The highest BCUT2D eigenvalue weighted by atomic mass is 16.5. The molecule has 0 N–H and O–H groups in total. The number of hydrogen-bond donors (Lipinski definition) is 0. The van der Waals surface area contributed by atoms with Gasteiger partial charge in [0.05, 0.1) is 7.11 Å². The summed E-state index contributed by atoms with van der Waals surface area (Å²) in [7, 11) is 1.62. The number of hydrogen-bond acceptors (Lipinski definition) is 3. The Morgan fingerprint density at radius 2 is 1.35 bits per heavy atom. The molecule has 1 aliphatic heterocycles. The Kier molecular flexibility index (Phi) is 4.96. The van der Waals surface area contributed by atoms with Crippen LogP contribution < -0.4 is 9.64 Å². The molecule has 1 fully saturated rings. The monoisotopic (exact) mass is 309 g/mol. The topological polar surface area (TPSA) is 29.5 Å².